The number of amides is 1. The maximum atomic E-state index is 12.2. The number of nitrogens with one attached hydrogen (secondary N) is 1. The molecule has 1 amide bonds. The second-order valence-corrected chi connectivity index (χ2v) is 6.11. The van der Waals surface area contributed by atoms with E-state index in [9.17, 15) is 4.79 Å². The van der Waals surface area contributed by atoms with E-state index >= 15 is 0 Å². The molecule has 3 rings (SSSR count). The second kappa shape index (κ2) is 7.09. The molecule has 1 aliphatic heterocycles. The zero-order valence-electron chi connectivity index (χ0n) is 12.6. The minimum Gasteiger partial charge on any atom is -0.465 e. The van der Waals surface area contributed by atoms with Gasteiger partial charge in [-0.3, -0.25) is 9.69 Å². The number of furan rings is 1. The van der Waals surface area contributed by atoms with Crippen molar-refractivity contribution in [2.24, 2.45) is 0 Å². The Morgan fingerprint density at radius 3 is 2.82 bits per heavy atom. The summed E-state index contributed by atoms with van der Waals surface area (Å²) in [4.78, 5) is 14.5. The van der Waals surface area contributed by atoms with Crippen molar-refractivity contribution >= 4 is 17.2 Å². The minimum absolute atomic E-state index is 0.0391. The first-order valence-electron chi connectivity index (χ1n) is 7.42. The summed E-state index contributed by atoms with van der Waals surface area (Å²) in [5.41, 5.74) is 0.710. The van der Waals surface area contributed by atoms with Crippen LogP contribution in [0.2, 0.25) is 0 Å². The van der Waals surface area contributed by atoms with Gasteiger partial charge in [0, 0.05) is 30.6 Å². The van der Waals surface area contributed by atoms with Crippen LogP contribution in [-0.4, -0.2) is 43.7 Å². The number of aryl methyl sites for hydroxylation is 1. The largest absolute Gasteiger partial charge is 0.465 e. The van der Waals surface area contributed by atoms with Gasteiger partial charge in [0.25, 0.3) is 5.91 Å². The van der Waals surface area contributed by atoms with Crippen LogP contribution in [0.15, 0.2) is 33.4 Å². The maximum Gasteiger partial charge on any atom is 0.252 e. The number of nitrogens with zero attached hydrogens (tertiary/aromatic N) is 1. The predicted molar refractivity (Wildman–Crippen MR) is 85.2 cm³/mol. The summed E-state index contributed by atoms with van der Waals surface area (Å²) in [6.07, 6.45) is 0. The van der Waals surface area contributed by atoms with Crippen LogP contribution in [0.3, 0.4) is 0 Å². The van der Waals surface area contributed by atoms with E-state index in [2.05, 4.69) is 10.2 Å². The highest BCUT2D eigenvalue weighted by atomic mass is 32.1. The zero-order valence-corrected chi connectivity index (χ0v) is 13.4. The Bertz CT molecular complexity index is 603. The SMILES string of the molecule is Cc1ccc([C@@H](CNC(=O)c2ccsc2)N2CCOCC2)o1. The predicted octanol–water partition coefficient (Wildman–Crippen LogP) is 2.45. The fourth-order valence-electron chi connectivity index (χ4n) is 2.62. The van der Waals surface area contributed by atoms with Gasteiger partial charge in [0.15, 0.2) is 0 Å². The number of hydrogen-bond donors (Lipinski definition) is 1. The van der Waals surface area contributed by atoms with Crippen LogP contribution in [0.25, 0.3) is 0 Å². The molecule has 1 N–H and O–H groups in total. The standard InChI is InChI=1S/C16H20N2O3S/c1-12-2-3-15(21-12)14(18-5-7-20-8-6-18)10-17-16(19)13-4-9-22-11-13/h2-4,9,11,14H,5-8,10H2,1H3,(H,17,19)/t14-/m1/s1. The number of rotatable bonds is 5. The summed E-state index contributed by atoms with van der Waals surface area (Å²) in [5, 5.41) is 6.78. The van der Waals surface area contributed by atoms with Gasteiger partial charge in [0.2, 0.25) is 0 Å². The fourth-order valence-corrected chi connectivity index (χ4v) is 3.25. The van der Waals surface area contributed by atoms with E-state index in [1.807, 2.05) is 35.9 Å². The van der Waals surface area contributed by atoms with Gasteiger partial charge in [-0.15, -0.1) is 0 Å². The first-order chi connectivity index (χ1) is 10.7. The van der Waals surface area contributed by atoms with Crippen molar-refractivity contribution in [3.8, 4) is 0 Å². The van der Waals surface area contributed by atoms with E-state index in [0.29, 0.717) is 25.3 Å². The lowest BCUT2D eigenvalue weighted by molar-refractivity contribution is 0.0117. The van der Waals surface area contributed by atoms with Crippen LogP contribution < -0.4 is 5.32 Å². The highest BCUT2D eigenvalue weighted by Gasteiger charge is 2.25. The van der Waals surface area contributed by atoms with Crippen molar-refractivity contribution in [3.05, 3.63) is 46.0 Å². The van der Waals surface area contributed by atoms with E-state index in [4.69, 9.17) is 9.15 Å². The molecule has 1 saturated heterocycles. The lowest BCUT2D eigenvalue weighted by Gasteiger charge is -2.33. The number of carbonyl (C=O) groups is 1. The molecule has 2 aromatic rings. The Morgan fingerprint density at radius 1 is 1.36 bits per heavy atom. The number of hydrogen-bond acceptors (Lipinski definition) is 5. The number of carbonyl (C=O) groups excluding carboxylic acids is 1. The lowest BCUT2D eigenvalue weighted by atomic mass is 10.1. The highest BCUT2D eigenvalue weighted by Crippen LogP contribution is 2.23. The lowest BCUT2D eigenvalue weighted by Crippen LogP contribution is -2.43. The highest BCUT2D eigenvalue weighted by molar-refractivity contribution is 7.08. The van der Waals surface area contributed by atoms with Gasteiger partial charge in [0.05, 0.1) is 19.3 Å². The van der Waals surface area contributed by atoms with Gasteiger partial charge >= 0.3 is 0 Å². The summed E-state index contributed by atoms with van der Waals surface area (Å²) in [6, 6.07) is 5.83. The molecule has 0 aliphatic carbocycles. The van der Waals surface area contributed by atoms with Crippen LogP contribution in [0.4, 0.5) is 0 Å². The van der Waals surface area contributed by atoms with Gasteiger partial charge in [-0.2, -0.15) is 11.3 Å². The number of thiophene rings is 1. The van der Waals surface area contributed by atoms with Gasteiger partial charge in [-0.1, -0.05) is 0 Å². The molecular formula is C16H20N2O3S. The topological polar surface area (TPSA) is 54.7 Å². The Hall–Kier alpha value is -1.63. The number of ether oxygens (including phenoxy) is 1. The summed E-state index contributed by atoms with van der Waals surface area (Å²) >= 11 is 1.52. The first-order valence-corrected chi connectivity index (χ1v) is 8.37. The van der Waals surface area contributed by atoms with Crippen molar-refractivity contribution in [2.75, 3.05) is 32.8 Å². The molecular weight excluding hydrogens is 300 g/mol. The molecule has 0 spiro atoms. The van der Waals surface area contributed by atoms with E-state index in [1.54, 1.807) is 0 Å². The van der Waals surface area contributed by atoms with E-state index in [0.717, 1.165) is 24.6 Å². The van der Waals surface area contributed by atoms with E-state index in [1.165, 1.54) is 11.3 Å². The number of morpholine rings is 1. The molecule has 5 nitrogen and oxygen atoms in total. The molecule has 1 fully saturated rings. The van der Waals surface area contributed by atoms with Crippen molar-refractivity contribution in [1.29, 1.82) is 0 Å². The molecule has 0 bridgehead atoms. The molecule has 6 heteroatoms. The minimum atomic E-state index is -0.0391. The molecule has 118 valence electrons. The Balaban J connectivity index is 1.69. The normalized spacial score (nSPS) is 17.3. The molecule has 1 atom stereocenters. The van der Waals surface area contributed by atoms with Crippen molar-refractivity contribution < 1.29 is 13.9 Å². The summed E-state index contributed by atoms with van der Waals surface area (Å²) < 4.78 is 11.2. The van der Waals surface area contributed by atoms with Gasteiger partial charge in [0.1, 0.15) is 11.5 Å². The molecule has 1 aliphatic rings. The first kappa shape index (κ1) is 15.3. The van der Waals surface area contributed by atoms with Crippen LogP contribution in [0.1, 0.15) is 27.9 Å². The molecule has 22 heavy (non-hydrogen) atoms. The van der Waals surface area contributed by atoms with Crippen LogP contribution in [0, 0.1) is 6.92 Å². The Labute approximate surface area is 133 Å². The van der Waals surface area contributed by atoms with Gasteiger partial charge in [-0.05, 0) is 30.5 Å². The van der Waals surface area contributed by atoms with Crippen LogP contribution >= 0.6 is 11.3 Å². The van der Waals surface area contributed by atoms with Crippen LogP contribution in [-0.2, 0) is 4.74 Å². The Morgan fingerprint density at radius 2 is 2.18 bits per heavy atom. The monoisotopic (exact) mass is 320 g/mol. The molecule has 0 saturated carbocycles. The molecule has 3 heterocycles. The third-order valence-corrected chi connectivity index (χ3v) is 4.50. The molecule has 0 radical (unpaired) electrons. The molecule has 0 aromatic carbocycles. The van der Waals surface area contributed by atoms with E-state index in [-0.39, 0.29) is 11.9 Å². The third kappa shape index (κ3) is 3.58. The van der Waals surface area contributed by atoms with Crippen molar-refractivity contribution in [2.45, 2.75) is 13.0 Å². The Kier molecular flexibility index (Phi) is 4.92. The van der Waals surface area contributed by atoms with Crippen molar-refractivity contribution in [1.82, 2.24) is 10.2 Å². The quantitative estimate of drug-likeness (QED) is 0.919. The van der Waals surface area contributed by atoms with E-state index < -0.39 is 0 Å². The van der Waals surface area contributed by atoms with Crippen molar-refractivity contribution in [3.63, 3.8) is 0 Å². The zero-order chi connectivity index (χ0) is 15.4. The third-order valence-electron chi connectivity index (χ3n) is 3.82. The average Bonchev–Trinajstić information content (AvgIpc) is 3.20. The summed E-state index contributed by atoms with van der Waals surface area (Å²) in [5.74, 6) is 1.74. The average molecular weight is 320 g/mol. The summed E-state index contributed by atoms with van der Waals surface area (Å²) in [7, 11) is 0. The smallest absolute Gasteiger partial charge is 0.252 e. The van der Waals surface area contributed by atoms with Crippen LogP contribution in [0.5, 0.6) is 0 Å². The maximum absolute atomic E-state index is 12.2. The fraction of sp³-hybridized carbons (Fsp3) is 0.438. The van der Waals surface area contributed by atoms with Gasteiger partial charge in [-0.25, -0.2) is 0 Å². The van der Waals surface area contributed by atoms with Gasteiger partial charge < -0.3 is 14.5 Å². The second-order valence-electron chi connectivity index (χ2n) is 5.33. The molecule has 2 aromatic heterocycles. The summed E-state index contributed by atoms with van der Waals surface area (Å²) in [6.45, 7) is 5.59. The molecule has 0 unspecified atom stereocenters.